The average Bonchev–Trinajstić information content (AvgIpc) is 3.48. The molecule has 10 heteroatoms. The van der Waals surface area contributed by atoms with Gasteiger partial charge in [-0.15, -0.1) is 0 Å². The van der Waals surface area contributed by atoms with E-state index >= 15 is 0 Å². The van der Waals surface area contributed by atoms with Gasteiger partial charge in [0, 0.05) is 18.3 Å². The Hall–Kier alpha value is -4.08. The zero-order valence-corrected chi connectivity index (χ0v) is 16.5. The monoisotopic (exact) mass is 419 g/mol. The third-order valence-electron chi connectivity index (χ3n) is 4.95. The van der Waals surface area contributed by atoms with Gasteiger partial charge in [0.05, 0.1) is 41.7 Å². The number of carbonyl (C=O) groups excluding carboxylic acids is 1. The molecule has 0 saturated heterocycles. The van der Waals surface area contributed by atoms with Gasteiger partial charge in [0.15, 0.2) is 5.78 Å². The Labute approximate surface area is 176 Å². The molecule has 0 aliphatic heterocycles. The minimum absolute atomic E-state index is 0.142. The Bertz CT molecular complexity index is 1290. The van der Waals surface area contributed by atoms with Crippen LogP contribution in [0.1, 0.15) is 28.8 Å². The van der Waals surface area contributed by atoms with Crippen LogP contribution in [0.5, 0.6) is 5.75 Å². The summed E-state index contributed by atoms with van der Waals surface area (Å²) in [5.41, 5.74) is 1.24. The minimum Gasteiger partial charge on any atom is -0.495 e. The quantitative estimate of drug-likeness (QED) is 0.308. The molecule has 1 saturated carbocycles. The maximum Gasteiger partial charge on any atom is 0.226 e. The van der Waals surface area contributed by atoms with Crippen molar-refractivity contribution < 1.29 is 13.9 Å². The summed E-state index contributed by atoms with van der Waals surface area (Å²) in [6, 6.07) is 4.97. The molecule has 156 valence electrons. The van der Waals surface area contributed by atoms with Crippen LogP contribution in [0.2, 0.25) is 0 Å². The predicted molar refractivity (Wildman–Crippen MR) is 112 cm³/mol. The summed E-state index contributed by atoms with van der Waals surface area (Å²) in [6.45, 7) is 0. The summed E-state index contributed by atoms with van der Waals surface area (Å²) in [5, 5.41) is 6.78. The SMILES string of the molecule is COc1cncc(Nc2ccc(C(=O)c3c[nH]c4ncnc(NC5CC5)c34)c(F)n2)c1. The lowest BCUT2D eigenvalue weighted by Crippen LogP contribution is -2.09. The van der Waals surface area contributed by atoms with Crippen LogP contribution in [0.4, 0.5) is 21.7 Å². The van der Waals surface area contributed by atoms with E-state index in [1.807, 2.05) is 0 Å². The number of carbonyl (C=O) groups is 1. The number of rotatable bonds is 7. The Morgan fingerprint density at radius 2 is 2.10 bits per heavy atom. The molecule has 0 atom stereocenters. The van der Waals surface area contributed by atoms with E-state index in [1.165, 1.54) is 31.8 Å². The number of ketones is 1. The van der Waals surface area contributed by atoms with Crippen molar-refractivity contribution in [2.45, 2.75) is 18.9 Å². The van der Waals surface area contributed by atoms with Gasteiger partial charge in [0.1, 0.15) is 29.4 Å². The molecule has 0 spiro atoms. The van der Waals surface area contributed by atoms with E-state index in [0.29, 0.717) is 34.3 Å². The highest BCUT2D eigenvalue weighted by Crippen LogP contribution is 2.31. The first-order chi connectivity index (χ1) is 15.1. The summed E-state index contributed by atoms with van der Waals surface area (Å²) < 4.78 is 19.9. The molecule has 9 nitrogen and oxygen atoms in total. The van der Waals surface area contributed by atoms with Crippen LogP contribution in [0.3, 0.4) is 0 Å². The van der Waals surface area contributed by atoms with Crippen molar-refractivity contribution in [3.63, 3.8) is 0 Å². The van der Waals surface area contributed by atoms with Crippen LogP contribution in [-0.2, 0) is 0 Å². The molecule has 5 rings (SSSR count). The largest absolute Gasteiger partial charge is 0.495 e. The van der Waals surface area contributed by atoms with Crippen molar-refractivity contribution >= 4 is 34.1 Å². The summed E-state index contributed by atoms with van der Waals surface area (Å²) in [6.07, 6.45) is 8.16. The number of ether oxygens (including phenoxy) is 1. The highest BCUT2D eigenvalue weighted by atomic mass is 19.1. The number of hydrogen-bond acceptors (Lipinski definition) is 8. The van der Waals surface area contributed by atoms with Crippen molar-refractivity contribution in [2.24, 2.45) is 0 Å². The summed E-state index contributed by atoms with van der Waals surface area (Å²) in [4.78, 5) is 32.4. The second kappa shape index (κ2) is 7.63. The molecule has 0 bridgehead atoms. The fraction of sp³-hybridized carbons (Fsp3) is 0.190. The number of H-pyrrole nitrogens is 1. The Kier molecular flexibility index (Phi) is 4.66. The third-order valence-corrected chi connectivity index (χ3v) is 4.95. The van der Waals surface area contributed by atoms with Gasteiger partial charge in [0.25, 0.3) is 0 Å². The van der Waals surface area contributed by atoms with Crippen LogP contribution in [0, 0.1) is 5.95 Å². The number of pyridine rings is 2. The highest BCUT2D eigenvalue weighted by molar-refractivity contribution is 6.18. The van der Waals surface area contributed by atoms with Gasteiger partial charge in [-0.1, -0.05) is 0 Å². The highest BCUT2D eigenvalue weighted by Gasteiger charge is 2.26. The van der Waals surface area contributed by atoms with Crippen LogP contribution in [-0.4, -0.2) is 43.9 Å². The number of nitrogens with zero attached hydrogens (tertiary/aromatic N) is 4. The first kappa shape index (κ1) is 18.9. The molecule has 1 fully saturated rings. The van der Waals surface area contributed by atoms with Crippen LogP contribution in [0.15, 0.2) is 43.1 Å². The molecular formula is C21H18FN7O2. The molecule has 0 unspecified atom stereocenters. The van der Waals surface area contributed by atoms with Crippen molar-refractivity contribution in [3.8, 4) is 5.75 Å². The Morgan fingerprint density at radius 1 is 1.23 bits per heavy atom. The number of anilines is 3. The molecule has 0 aromatic carbocycles. The number of halogens is 1. The first-order valence-corrected chi connectivity index (χ1v) is 9.68. The minimum atomic E-state index is -0.881. The molecule has 3 N–H and O–H groups in total. The maximum absolute atomic E-state index is 14.8. The molecule has 4 aromatic heterocycles. The molecule has 0 amide bonds. The lowest BCUT2D eigenvalue weighted by atomic mass is 10.0. The van der Waals surface area contributed by atoms with E-state index in [2.05, 4.69) is 35.6 Å². The predicted octanol–water partition coefficient (Wildman–Crippen LogP) is 3.44. The van der Waals surface area contributed by atoms with Gasteiger partial charge in [-0.25, -0.2) is 15.0 Å². The summed E-state index contributed by atoms with van der Waals surface area (Å²) >= 11 is 0. The second-order valence-corrected chi connectivity index (χ2v) is 7.17. The van der Waals surface area contributed by atoms with Gasteiger partial charge in [-0.3, -0.25) is 9.78 Å². The van der Waals surface area contributed by atoms with E-state index in [1.54, 1.807) is 18.5 Å². The molecule has 1 aliphatic rings. The molecule has 4 heterocycles. The fourth-order valence-electron chi connectivity index (χ4n) is 3.24. The number of aromatic nitrogens is 5. The number of methoxy groups -OCH3 is 1. The molecular weight excluding hydrogens is 401 g/mol. The summed E-state index contributed by atoms with van der Waals surface area (Å²) in [5.74, 6) is -0.0283. The average molecular weight is 419 g/mol. The Morgan fingerprint density at radius 3 is 2.87 bits per heavy atom. The zero-order chi connectivity index (χ0) is 21.4. The van der Waals surface area contributed by atoms with Crippen molar-refractivity contribution in [1.29, 1.82) is 0 Å². The second-order valence-electron chi connectivity index (χ2n) is 7.17. The maximum atomic E-state index is 14.8. The number of aromatic amines is 1. The molecule has 0 radical (unpaired) electrons. The van der Waals surface area contributed by atoms with Crippen LogP contribution >= 0.6 is 0 Å². The van der Waals surface area contributed by atoms with Crippen molar-refractivity contribution in [2.75, 3.05) is 17.7 Å². The van der Waals surface area contributed by atoms with Crippen molar-refractivity contribution in [1.82, 2.24) is 24.9 Å². The van der Waals surface area contributed by atoms with Gasteiger partial charge >= 0.3 is 0 Å². The number of fused-ring (bicyclic) bond motifs is 1. The summed E-state index contributed by atoms with van der Waals surface area (Å²) in [7, 11) is 1.53. The smallest absolute Gasteiger partial charge is 0.226 e. The third kappa shape index (κ3) is 3.75. The van der Waals surface area contributed by atoms with Gasteiger partial charge in [-0.2, -0.15) is 4.39 Å². The van der Waals surface area contributed by atoms with E-state index in [-0.39, 0.29) is 16.9 Å². The molecule has 1 aliphatic carbocycles. The molecule has 4 aromatic rings. The normalized spacial score (nSPS) is 13.2. The lowest BCUT2D eigenvalue weighted by Gasteiger charge is -2.09. The van der Waals surface area contributed by atoms with E-state index < -0.39 is 11.7 Å². The van der Waals surface area contributed by atoms with Gasteiger partial charge < -0.3 is 20.4 Å². The lowest BCUT2D eigenvalue weighted by molar-refractivity contribution is 0.103. The van der Waals surface area contributed by atoms with Gasteiger partial charge in [-0.05, 0) is 25.0 Å². The zero-order valence-electron chi connectivity index (χ0n) is 16.5. The van der Waals surface area contributed by atoms with Gasteiger partial charge in [0.2, 0.25) is 5.95 Å². The van der Waals surface area contributed by atoms with E-state index in [4.69, 9.17) is 4.74 Å². The molecule has 31 heavy (non-hydrogen) atoms. The number of nitrogens with one attached hydrogen (secondary N) is 3. The van der Waals surface area contributed by atoms with Crippen molar-refractivity contribution in [3.05, 3.63) is 60.2 Å². The topological polar surface area (TPSA) is 118 Å². The van der Waals surface area contributed by atoms with Crippen LogP contribution in [0.25, 0.3) is 11.0 Å². The Balaban J connectivity index is 1.44. The van der Waals surface area contributed by atoms with E-state index in [0.717, 1.165) is 12.8 Å². The number of hydrogen-bond donors (Lipinski definition) is 3. The van der Waals surface area contributed by atoms with Crippen LogP contribution < -0.4 is 15.4 Å². The first-order valence-electron chi connectivity index (χ1n) is 9.68. The fourth-order valence-corrected chi connectivity index (χ4v) is 3.24. The standard InChI is InChI=1S/C21H18FN7O2/c1-31-13-6-12(7-23-8-13)27-16-5-4-14(19(22)29-16)18(30)15-9-24-20-17(15)21(26-10-25-20)28-11-2-3-11/h4-11H,2-3H2,1H3,(H,27,29)(H2,24,25,26,28). The van der Waals surface area contributed by atoms with E-state index in [9.17, 15) is 9.18 Å².